The Balaban J connectivity index is 1.84. The molecule has 0 aliphatic rings. The number of aldehydes is 1. The van der Waals surface area contributed by atoms with E-state index < -0.39 is 5.82 Å². The Morgan fingerprint density at radius 2 is 1.90 bits per heavy atom. The van der Waals surface area contributed by atoms with Crippen LogP contribution < -0.4 is 4.74 Å². The Bertz CT molecular complexity index is 1220. The van der Waals surface area contributed by atoms with E-state index in [0.29, 0.717) is 53.6 Å². The van der Waals surface area contributed by atoms with Crippen molar-refractivity contribution in [1.82, 2.24) is 24.5 Å². The summed E-state index contributed by atoms with van der Waals surface area (Å²) < 4.78 is 26.4. The number of carbonyl (C=O) groups is 1. The molecule has 8 nitrogen and oxygen atoms in total. The lowest BCUT2D eigenvalue weighted by Gasteiger charge is -2.10. The number of fused-ring (bicyclic) bond motifs is 1. The Morgan fingerprint density at radius 1 is 1.10 bits per heavy atom. The van der Waals surface area contributed by atoms with Gasteiger partial charge in [-0.05, 0) is 18.6 Å². The SMILES string of the molecule is COCCOc1nc(C)c2nc(-c3cncc(F)c3)n(Cc3ccc(C=O)cc3)c2n1. The van der Waals surface area contributed by atoms with Crippen LogP contribution in [0, 0.1) is 12.7 Å². The number of nitrogens with zero attached hydrogens (tertiary/aromatic N) is 5. The normalized spacial score (nSPS) is 11.1. The Hall–Kier alpha value is -3.72. The lowest BCUT2D eigenvalue weighted by Crippen LogP contribution is -2.09. The molecule has 1 aromatic carbocycles. The van der Waals surface area contributed by atoms with Crippen LogP contribution in [0.5, 0.6) is 6.01 Å². The van der Waals surface area contributed by atoms with Gasteiger partial charge in [0.25, 0.3) is 0 Å². The zero-order valence-electron chi connectivity index (χ0n) is 17.1. The first-order valence-corrected chi connectivity index (χ1v) is 9.60. The molecule has 0 spiro atoms. The van der Waals surface area contributed by atoms with Gasteiger partial charge >= 0.3 is 6.01 Å². The van der Waals surface area contributed by atoms with Crippen LogP contribution in [0.1, 0.15) is 21.6 Å². The molecule has 0 atom stereocenters. The van der Waals surface area contributed by atoms with Gasteiger partial charge in [0.05, 0.1) is 25.0 Å². The smallest absolute Gasteiger partial charge is 0.318 e. The summed E-state index contributed by atoms with van der Waals surface area (Å²) in [4.78, 5) is 28.5. The summed E-state index contributed by atoms with van der Waals surface area (Å²) in [5.74, 6) is 0.0470. The lowest BCUT2D eigenvalue weighted by atomic mass is 10.1. The Morgan fingerprint density at radius 3 is 2.61 bits per heavy atom. The first-order chi connectivity index (χ1) is 15.1. The summed E-state index contributed by atoms with van der Waals surface area (Å²) in [7, 11) is 1.59. The number of hydrogen-bond donors (Lipinski definition) is 0. The highest BCUT2D eigenvalue weighted by Crippen LogP contribution is 2.27. The minimum atomic E-state index is -0.460. The molecule has 0 radical (unpaired) electrons. The van der Waals surface area contributed by atoms with Crippen molar-refractivity contribution in [1.29, 1.82) is 0 Å². The van der Waals surface area contributed by atoms with Crippen molar-refractivity contribution < 1.29 is 18.7 Å². The maximum absolute atomic E-state index is 13.9. The summed E-state index contributed by atoms with van der Waals surface area (Å²) in [6.07, 6.45) is 3.48. The third-order valence-electron chi connectivity index (χ3n) is 4.69. The van der Waals surface area contributed by atoms with Crippen LogP contribution in [0.3, 0.4) is 0 Å². The molecule has 0 aliphatic heterocycles. The number of halogens is 1. The summed E-state index contributed by atoms with van der Waals surface area (Å²) in [5.41, 5.74) is 3.80. The number of imidazole rings is 1. The van der Waals surface area contributed by atoms with E-state index in [1.165, 1.54) is 6.07 Å². The fraction of sp³-hybridized carbons (Fsp3) is 0.227. The van der Waals surface area contributed by atoms with Gasteiger partial charge in [0.15, 0.2) is 5.65 Å². The number of aryl methyl sites for hydroxylation is 1. The molecule has 0 aliphatic carbocycles. The van der Waals surface area contributed by atoms with E-state index in [-0.39, 0.29) is 6.01 Å². The second-order valence-electron chi connectivity index (χ2n) is 6.88. The number of methoxy groups -OCH3 is 1. The van der Waals surface area contributed by atoms with Gasteiger partial charge in [0.1, 0.15) is 30.1 Å². The van der Waals surface area contributed by atoms with Gasteiger partial charge in [-0.2, -0.15) is 9.97 Å². The summed E-state index contributed by atoms with van der Waals surface area (Å²) in [6, 6.07) is 8.78. The van der Waals surface area contributed by atoms with Crippen LogP contribution in [0.2, 0.25) is 0 Å². The molecule has 4 aromatic rings. The molecule has 0 unspecified atom stereocenters. The first kappa shape index (κ1) is 20.5. The van der Waals surface area contributed by atoms with Crippen molar-refractivity contribution in [3.05, 3.63) is 65.4 Å². The number of benzene rings is 1. The maximum atomic E-state index is 13.9. The minimum absolute atomic E-state index is 0.212. The summed E-state index contributed by atoms with van der Waals surface area (Å²) >= 11 is 0. The number of hydrogen-bond acceptors (Lipinski definition) is 7. The largest absolute Gasteiger partial charge is 0.461 e. The van der Waals surface area contributed by atoms with Crippen molar-refractivity contribution in [3.63, 3.8) is 0 Å². The highest BCUT2D eigenvalue weighted by Gasteiger charge is 2.19. The second-order valence-corrected chi connectivity index (χ2v) is 6.88. The van der Waals surface area contributed by atoms with E-state index >= 15 is 0 Å². The maximum Gasteiger partial charge on any atom is 0.318 e. The average molecular weight is 421 g/mol. The molecule has 31 heavy (non-hydrogen) atoms. The van der Waals surface area contributed by atoms with Crippen LogP contribution in [-0.2, 0) is 11.3 Å². The molecule has 9 heteroatoms. The van der Waals surface area contributed by atoms with Crippen LogP contribution >= 0.6 is 0 Å². The van der Waals surface area contributed by atoms with Crippen LogP contribution in [0.4, 0.5) is 4.39 Å². The topological polar surface area (TPSA) is 92.0 Å². The van der Waals surface area contributed by atoms with E-state index in [1.807, 2.05) is 23.6 Å². The van der Waals surface area contributed by atoms with E-state index in [1.54, 1.807) is 25.4 Å². The third kappa shape index (κ3) is 4.41. The molecule has 0 amide bonds. The van der Waals surface area contributed by atoms with E-state index in [0.717, 1.165) is 18.0 Å². The highest BCUT2D eigenvalue weighted by molar-refractivity contribution is 5.79. The van der Waals surface area contributed by atoms with Gasteiger partial charge in [0, 0.05) is 24.4 Å². The molecule has 0 saturated heterocycles. The number of pyridine rings is 1. The third-order valence-corrected chi connectivity index (χ3v) is 4.69. The minimum Gasteiger partial charge on any atom is -0.461 e. The fourth-order valence-corrected chi connectivity index (χ4v) is 3.18. The van der Waals surface area contributed by atoms with Crippen molar-refractivity contribution >= 4 is 17.5 Å². The molecule has 158 valence electrons. The highest BCUT2D eigenvalue weighted by atomic mass is 19.1. The summed E-state index contributed by atoms with van der Waals surface area (Å²) in [5, 5.41) is 0. The quantitative estimate of drug-likeness (QED) is 0.319. The van der Waals surface area contributed by atoms with Gasteiger partial charge in [-0.25, -0.2) is 9.37 Å². The first-order valence-electron chi connectivity index (χ1n) is 9.60. The molecular weight excluding hydrogens is 401 g/mol. The van der Waals surface area contributed by atoms with Crippen molar-refractivity contribution in [2.24, 2.45) is 0 Å². The van der Waals surface area contributed by atoms with E-state index in [2.05, 4.69) is 19.9 Å². The zero-order valence-corrected chi connectivity index (χ0v) is 17.1. The molecule has 0 bridgehead atoms. The Kier molecular flexibility index (Phi) is 5.94. The number of rotatable bonds is 8. The van der Waals surface area contributed by atoms with Crippen LogP contribution in [-0.4, -0.2) is 51.1 Å². The molecule has 4 rings (SSSR count). The fourth-order valence-electron chi connectivity index (χ4n) is 3.18. The predicted octanol–water partition coefficient (Wildman–Crippen LogP) is 3.22. The van der Waals surface area contributed by atoms with Crippen LogP contribution in [0.15, 0.2) is 42.7 Å². The number of aromatic nitrogens is 5. The van der Waals surface area contributed by atoms with Crippen LogP contribution in [0.25, 0.3) is 22.6 Å². The second kappa shape index (κ2) is 8.97. The van der Waals surface area contributed by atoms with Crippen molar-refractivity contribution in [2.45, 2.75) is 13.5 Å². The lowest BCUT2D eigenvalue weighted by molar-refractivity contribution is 0.112. The summed E-state index contributed by atoms with van der Waals surface area (Å²) in [6.45, 7) is 2.93. The van der Waals surface area contributed by atoms with E-state index in [4.69, 9.17) is 9.47 Å². The standard InChI is InChI=1S/C22H20FN5O3/c1-14-19-21(27-22(25-14)31-8-7-30-2)28(12-15-3-5-16(13-29)6-4-15)20(26-19)17-9-18(23)11-24-10-17/h3-6,9-11,13H,7-8,12H2,1-2H3. The van der Waals surface area contributed by atoms with Gasteiger partial charge in [-0.3, -0.25) is 9.78 Å². The van der Waals surface area contributed by atoms with Gasteiger partial charge in [-0.1, -0.05) is 24.3 Å². The molecule has 0 N–H and O–H groups in total. The Labute approximate surface area is 177 Å². The van der Waals surface area contributed by atoms with Gasteiger partial charge in [0.2, 0.25) is 0 Å². The number of ether oxygens (including phenoxy) is 2. The average Bonchev–Trinajstić information content (AvgIpc) is 3.13. The molecular formula is C22H20FN5O3. The molecule has 3 aromatic heterocycles. The number of carbonyl (C=O) groups excluding carboxylic acids is 1. The van der Waals surface area contributed by atoms with E-state index in [9.17, 15) is 9.18 Å². The van der Waals surface area contributed by atoms with Crippen molar-refractivity contribution in [3.8, 4) is 17.4 Å². The molecule has 0 saturated carbocycles. The molecule has 3 heterocycles. The monoisotopic (exact) mass is 421 g/mol. The predicted molar refractivity (Wildman–Crippen MR) is 112 cm³/mol. The zero-order chi connectivity index (χ0) is 21.8. The van der Waals surface area contributed by atoms with Gasteiger partial charge < -0.3 is 14.0 Å². The van der Waals surface area contributed by atoms with Crippen molar-refractivity contribution in [2.75, 3.05) is 20.3 Å². The van der Waals surface area contributed by atoms with Gasteiger partial charge in [-0.15, -0.1) is 0 Å². The molecule has 0 fully saturated rings.